The van der Waals surface area contributed by atoms with Gasteiger partial charge in [0.1, 0.15) is 0 Å². The van der Waals surface area contributed by atoms with Gasteiger partial charge in [0, 0.05) is 94.1 Å². The van der Waals surface area contributed by atoms with Crippen molar-refractivity contribution in [1.82, 2.24) is 19.6 Å². The maximum atomic E-state index is 6.22. The van der Waals surface area contributed by atoms with Gasteiger partial charge < -0.3 is 27.8 Å². The third-order valence-electron chi connectivity index (χ3n) is 8.33. The minimum absolute atomic E-state index is 0.204. The van der Waals surface area contributed by atoms with Crippen LogP contribution in [0.15, 0.2) is 0 Å². The fourth-order valence-corrected chi connectivity index (χ4v) is 5.97. The molecule has 0 amide bonds. The van der Waals surface area contributed by atoms with E-state index in [1.165, 1.54) is 12.8 Å². The van der Waals surface area contributed by atoms with Crippen molar-refractivity contribution in [3.8, 4) is 0 Å². The van der Waals surface area contributed by atoms with E-state index in [-0.39, 0.29) is 11.1 Å². The number of piperazine rings is 2. The van der Waals surface area contributed by atoms with E-state index in [4.69, 9.17) is 22.9 Å². The Hall–Kier alpha value is -0.320. The molecule has 0 spiro atoms. The van der Waals surface area contributed by atoms with Crippen LogP contribution in [0.5, 0.6) is 0 Å². The quantitative estimate of drug-likeness (QED) is 0.266. The summed E-state index contributed by atoms with van der Waals surface area (Å²) in [5, 5.41) is 0. The van der Waals surface area contributed by atoms with E-state index in [1.807, 2.05) is 0 Å². The minimum atomic E-state index is 0.204. The summed E-state index contributed by atoms with van der Waals surface area (Å²) in [7, 11) is 0. The third-order valence-corrected chi connectivity index (χ3v) is 8.33. The molecule has 2 heterocycles. The average Bonchev–Trinajstić information content (AvgIpc) is 2.78. The number of hydrogen-bond donors (Lipinski definition) is 4. The summed E-state index contributed by atoms with van der Waals surface area (Å²) < 4.78 is 0. The molecule has 2 aliphatic rings. The highest BCUT2D eigenvalue weighted by molar-refractivity contribution is 4.93. The summed E-state index contributed by atoms with van der Waals surface area (Å²) in [5.74, 6) is 0. The zero-order valence-electron chi connectivity index (χ0n) is 26.7. The highest BCUT2D eigenvalue weighted by Crippen LogP contribution is 2.23. The molecule has 8 nitrogen and oxygen atoms in total. The van der Waals surface area contributed by atoms with E-state index in [2.05, 4.69) is 75.0 Å². The summed E-state index contributed by atoms with van der Waals surface area (Å²) in [4.78, 5) is 10.2. The second kappa shape index (κ2) is 17.5. The van der Waals surface area contributed by atoms with Gasteiger partial charge in [-0.15, -0.1) is 0 Å². The monoisotopic (exact) mass is 541 g/mol. The van der Waals surface area contributed by atoms with Gasteiger partial charge in [-0.05, 0) is 73.8 Å². The first-order valence-corrected chi connectivity index (χ1v) is 15.7. The van der Waals surface area contributed by atoms with Gasteiger partial charge in [-0.1, -0.05) is 26.7 Å². The Bertz CT molecular complexity index is 609. The molecule has 4 atom stereocenters. The zero-order chi connectivity index (χ0) is 28.9. The summed E-state index contributed by atoms with van der Waals surface area (Å²) in [5.41, 5.74) is 24.5. The van der Waals surface area contributed by atoms with Crippen molar-refractivity contribution >= 4 is 0 Å². The molecular weight excluding hydrogens is 472 g/mol. The predicted molar refractivity (Wildman–Crippen MR) is 166 cm³/mol. The van der Waals surface area contributed by atoms with Crippen LogP contribution in [0.1, 0.15) is 93.9 Å². The second-order valence-corrected chi connectivity index (χ2v) is 13.7. The number of rotatable bonds is 14. The predicted octanol–water partition coefficient (Wildman–Crippen LogP) is 2.49. The molecule has 38 heavy (non-hydrogen) atoms. The maximum absolute atomic E-state index is 6.22. The van der Waals surface area contributed by atoms with E-state index in [0.29, 0.717) is 24.2 Å². The zero-order valence-corrected chi connectivity index (χ0v) is 26.7. The van der Waals surface area contributed by atoms with E-state index in [9.17, 15) is 0 Å². The average molecular weight is 541 g/mol. The molecule has 0 aliphatic carbocycles. The van der Waals surface area contributed by atoms with Crippen LogP contribution in [-0.2, 0) is 0 Å². The van der Waals surface area contributed by atoms with Gasteiger partial charge in [0.2, 0.25) is 0 Å². The van der Waals surface area contributed by atoms with Gasteiger partial charge in [0.15, 0.2) is 0 Å². The van der Waals surface area contributed by atoms with Crippen molar-refractivity contribution < 1.29 is 0 Å². The molecule has 2 saturated heterocycles. The Morgan fingerprint density at radius 2 is 1.03 bits per heavy atom. The maximum Gasteiger partial charge on any atom is 0.0281 e. The molecule has 0 aromatic heterocycles. The Labute approximate surface area is 237 Å². The Morgan fingerprint density at radius 1 is 0.579 bits per heavy atom. The van der Waals surface area contributed by atoms with E-state index >= 15 is 0 Å². The van der Waals surface area contributed by atoms with Crippen LogP contribution in [0.4, 0.5) is 0 Å². The molecule has 8 heteroatoms. The first-order chi connectivity index (χ1) is 17.7. The summed E-state index contributed by atoms with van der Waals surface area (Å²) in [6.07, 6.45) is 6.78. The molecule has 2 rings (SSSR count). The second-order valence-electron chi connectivity index (χ2n) is 13.7. The molecule has 0 aromatic rings. The van der Waals surface area contributed by atoms with Crippen molar-refractivity contribution in [1.29, 1.82) is 0 Å². The molecule has 2 aliphatic heterocycles. The van der Waals surface area contributed by atoms with Crippen molar-refractivity contribution in [2.75, 3.05) is 65.4 Å². The molecule has 0 radical (unpaired) electrons. The van der Waals surface area contributed by atoms with E-state index in [1.54, 1.807) is 0 Å². The number of nitrogens with two attached hydrogens (primary N) is 4. The van der Waals surface area contributed by atoms with Crippen molar-refractivity contribution in [3.05, 3.63) is 0 Å². The highest BCUT2D eigenvalue weighted by Gasteiger charge is 2.35. The van der Waals surface area contributed by atoms with Crippen molar-refractivity contribution in [2.45, 2.75) is 129 Å². The normalized spacial score (nSPS) is 24.3. The summed E-state index contributed by atoms with van der Waals surface area (Å²) in [6.45, 7) is 29.0. The minimum Gasteiger partial charge on any atom is -0.328 e. The lowest BCUT2D eigenvalue weighted by molar-refractivity contribution is 0.0129. The number of nitrogens with zero attached hydrogens (tertiary/aromatic N) is 4. The van der Waals surface area contributed by atoms with Crippen LogP contribution in [0.25, 0.3) is 0 Å². The fraction of sp³-hybridized carbons (Fsp3) is 1.00. The Morgan fingerprint density at radius 3 is 1.53 bits per heavy atom. The first-order valence-electron chi connectivity index (χ1n) is 15.7. The Balaban J connectivity index is 0.000000382. The molecule has 2 fully saturated rings. The van der Waals surface area contributed by atoms with E-state index < -0.39 is 0 Å². The van der Waals surface area contributed by atoms with Crippen LogP contribution in [0.3, 0.4) is 0 Å². The molecule has 0 bridgehead atoms. The highest BCUT2D eigenvalue weighted by atomic mass is 15.3. The van der Waals surface area contributed by atoms with Crippen LogP contribution in [-0.4, -0.2) is 120 Å². The van der Waals surface area contributed by atoms with Crippen LogP contribution >= 0.6 is 0 Å². The summed E-state index contributed by atoms with van der Waals surface area (Å²) in [6, 6.07) is 1.25. The standard InChI is InChI=1S/C16H36N4.C14H32N4/c1-5-7-14(17)11-19-9-10-20(16(3,4)13-19)12-15(18)8-6-2;1-12(15)5-7-17-9-10-18(8-6-13(2)16)14(3,4)11-17/h14-15H,5-13,17-18H2,1-4H3;12-13H,5-11,15-16H2,1-4H3. The van der Waals surface area contributed by atoms with Gasteiger partial charge in [-0.3, -0.25) is 14.7 Å². The molecule has 0 aromatic carbocycles. The van der Waals surface area contributed by atoms with Gasteiger partial charge in [0.05, 0.1) is 0 Å². The molecule has 8 N–H and O–H groups in total. The van der Waals surface area contributed by atoms with Gasteiger partial charge in [0.25, 0.3) is 0 Å². The first kappa shape index (κ1) is 35.7. The smallest absolute Gasteiger partial charge is 0.0281 e. The Kier molecular flexibility index (Phi) is 16.4. The molecule has 4 unspecified atom stereocenters. The lowest BCUT2D eigenvalue weighted by atomic mass is 9.96. The lowest BCUT2D eigenvalue weighted by Gasteiger charge is -2.48. The van der Waals surface area contributed by atoms with Crippen molar-refractivity contribution in [2.24, 2.45) is 22.9 Å². The largest absolute Gasteiger partial charge is 0.328 e. The van der Waals surface area contributed by atoms with Gasteiger partial charge in [-0.25, -0.2) is 0 Å². The van der Waals surface area contributed by atoms with Gasteiger partial charge >= 0.3 is 0 Å². The van der Waals surface area contributed by atoms with Crippen LogP contribution < -0.4 is 22.9 Å². The number of hydrogen-bond acceptors (Lipinski definition) is 8. The van der Waals surface area contributed by atoms with E-state index in [0.717, 1.165) is 91.1 Å². The van der Waals surface area contributed by atoms with Crippen LogP contribution in [0.2, 0.25) is 0 Å². The molecular formula is C30H68N8. The van der Waals surface area contributed by atoms with Crippen LogP contribution in [0, 0.1) is 0 Å². The topological polar surface area (TPSA) is 117 Å². The summed E-state index contributed by atoms with van der Waals surface area (Å²) >= 11 is 0. The lowest BCUT2D eigenvalue weighted by Crippen LogP contribution is -2.62. The molecule has 228 valence electrons. The fourth-order valence-electron chi connectivity index (χ4n) is 5.97. The SMILES string of the molecule is CC(N)CCN1CCN(CCC(C)N)C(C)(C)C1.CCCC(N)CN1CCN(CC(N)CCC)C(C)(C)C1. The van der Waals surface area contributed by atoms with Gasteiger partial charge in [-0.2, -0.15) is 0 Å². The van der Waals surface area contributed by atoms with Crippen molar-refractivity contribution in [3.63, 3.8) is 0 Å². The molecule has 0 saturated carbocycles. The third kappa shape index (κ3) is 13.8.